The zero-order valence-electron chi connectivity index (χ0n) is 13.7. The first-order valence-electron chi connectivity index (χ1n) is 7.50. The number of nitrogens with two attached hydrogens (primary N) is 1. The van der Waals surface area contributed by atoms with Crippen LogP contribution < -0.4 is 15.8 Å². The normalized spacial score (nSPS) is 11.1. The SMILES string of the molecule is Cc1cccc(NC(=O)NCCc2ccc(S(N)(=O)=O)cc2)c1C. The van der Waals surface area contributed by atoms with Crippen molar-refractivity contribution in [2.24, 2.45) is 5.14 Å². The summed E-state index contributed by atoms with van der Waals surface area (Å²) in [6.45, 7) is 4.38. The van der Waals surface area contributed by atoms with Crippen LogP contribution in [0.4, 0.5) is 10.5 Å². The molecule has 0 saturated carbocycles. The molecule has 0 aromatic heterocycles. The summed E-state index contributed by atoms with van der Waals surface area (Å²) in [5.74, 6) is 0. The Morgan fingerprint density at radius 2 is 1.75 bits per heavy atom. The fourth-order valence-corrected chi connectivity index (χ4v) is 2.73. The average Bonchev–Trinajstić information content (AvgIpc) is 2.51. The van der Waals surface area contributed by atoms with Crippen LogP contribution in [0.15, 0.2) is 47.4 Å². The molecule has 6 nitrogen and oxygen atoms in total. The summed E-state index contributed by atoms with van der Waals surface area (Å²) in [7, 11) is -3.68. The summed E-state index contributed by atoms with van der Waals surface area (Å²) in [4.78, 5) is 12.0. The van der Waals surface area contributed by atoms with Gasteiger partial charge in [0.15, 0.2) is 0 Å². The number of anilines is 1. The number of hydrogen-bond donors (Lipinski definition) is 3. The summed E-state index contributed by atoms with van der Waals surface area (Å²) < 4.78 is 22.4. The molecule has 0 aliphatic heterocycles. The van der Waals surface area contributed by atoms with Crippen LogP contribution in [0, 0.1) is 13.8 Å². The lowest BCUT2D eigenvalue weighted by Gasteiger charge is -2.11. The second-order valence-electron chi connectivity index (χ2n) is 5.57. The average molecular weight is 347 g/mol. The van der Waals surface area contributed by atoms with Gasteiger partial charge in [0.05, 0.1) is 4.90 Å². The van der Waals surface area contributed by atoms with Gasteiger partial charge in [0.25, 0.3) is 0 Å². The van der Waals surface area contributed by atoms with Crippen molar-refractivity contribution in [2.45, 2.75) is 25.2 Å². The largest absolute Gasteiger partial charge is 0.338 e. The van der Waals surface area contributed by atoms with E-state index in [0.29, 0.717) is 13.0 Å². The van der Waals surface area contributed by atoms with Crippen molar-refractivity contribution in [3.05, 3.63) is 59.2 Å². The number of amides is 2. The van der Waals surface area contributed by atoms with Crippen LogP contribution in [-0.2, 0) is 16.4 Å². The second-order valence-corrected chi connectivity index (χ2v) is 7.13. The minimum atomic E-state index is -3.68. The molecule has 2 aromatic carbocycles. The van der Waals surface area contributed by atoms with Crippen LogP contribution in [0.25, 0.3) is 0 Å². The Kier molecular flexibility index (Phi) is 5.58. The molecule has 24 heavy (non-hydrogen) atoms. The molecular formula is C17H21N3O3S. The molecule has 0 aliphatic carbocycles. The smallest absolute Gasteiger partial charge is 0.319 e. The van der Waals surface area contributed by atoms with Crippen molar-refractivity contribution >= 4 is 21.7 Å². The van der Waals surface area contributed by atoms with Crippen LogP contribution in [0.2, 0.25) is 0 Å². The number of rotatable bonds is 5. The lowest BCUT2D eigenvalue weighted by Crippen LogP contribution is -2.30. The van der Waals surface area contributed by atoms with E-state index < -0.39 is 10.0 Å². The third kappa shape index (κ3) is 4.81. The highest BCUT2D eigenvalue weighted by Gasteiger charge is 2.07. The van der Waals surface area contributed by atoms with Crippen LogP contribution in [0.5, 0.6) is 0 Å². The number of aryl methyl sites for hydroxylation is 1. The van der Waals surface area contributed by atoms with Gasteiger partial charge in [-0.1, -0.05) is 24.3 Å². The molecule has 2 rings (SSSR count). The zero-order valence-corrected chi connectivity index (χ0v) is 14.5. The first-order chi connectivity index (χ1) is 11.3. The van der Waals surface area contributed by atoms with Crippen molar-refractivity contribution in [2.75, 3.05) is 11.9 Å². The minimum Gasteiger partial charge on any atom is -0.338 e. The van der Waals surface area contributed by atoms with E-state index in [0.717, 1.165) is 22.4 Å². The molecule has 0 bridgehead atoms. The highest BCUT2D eigenvalue weighted by molar-refractivity contribution is 7.89. The number of carbonyl (C=O) groups is 1. The molecule has 0 fully saturated rings. The van der Waals surface area contributed by atoms with Gasteiger partial charge in [-0.05, 0) is 55.2 Å². The Morgan fingerprint density at radius 1 is 1.08 bits per heavy atom. The van der Waals surface area contributed by atoms with Crippen molar-refractivity contribution < 1.29 is 13.2 Å². The molecule has 0 spiro atoms. The van der Waals surface area contributed by atoms with Crippen LogP contribution in [0.1, 0.15) is 16.7 Å². The van der Waals surface area contributed by atoms with E-state index in [-0.39, 0.29) is 10.9 Å². The van der Waals surface area contributed by atoms with E-state index in [1.54, 1.807) is 12.1 Å². The van der Waals surface area contributed by atoms with Crippen LogP contribution >= 0.6 is 0 Å². The first kappa shape index (κ1) is 18.0. The summed E-state index contributed by atoms with van der Waals surface area (Å²) in [5.41, 5.74) is 3.84. The van der Waals surface area contributed by atoms with E-state index in [1.807, 2.05) is 32.0 Å². The Bertz CT molecular complexity index is 831. The summed E-state index contributed by atoms with van der Waals surface area (Å²) in [6.07, 6.45) is 0.588. The Balaban J connectivity index is 1.85. The minimum absolute atomic E-state index is 0.0758. The highest BCUT2D eigenvalue weighted by atomic mass is 32.2. The number of urea groups is 1. The molecule has 0 aliphatic rings. The molecule has 0 radical (unpaired) electrons. The zero-order chi connectivity index (χ0) is 17.7. The van der Waals surface area contributed by atoms with E-state index in [1.165, 1.54) is 12.1 Å². The van der Waals surface area contributed by atoms with Gasteiger partial charge in [0, 0.05) is 12.2 Å². The number of primary sulfonamides is 1. The molecule has 0 atom stereocenters. The maximum absolute atomic E-state index is 11.9. The molecule has 0 unspecified atom stereocenters. The molecule has 128 valence electrons. The molecular weight excluding hydrogens is 326 g/mol. The van der Waals surface area contributed by atoms with E-state index in [2.05, 4.69) is 10.6 Å². The van der Waals surface area contributed by atoms with Gasteiger partial charge >= 0.3 is 6.03 Å². The highest BCUT2D eigenvalue weighted by Crippen LogP contribution is 2.17. The van der Waals surface area contributed by atoms with Gasteiger partial charge in [0.2, 0.25) is 10.0 Å². The lowest BCUT2D eigenvalue weighted by molar-refractivity contribution is 0.252. The molecule has 0 heterocycles. The standard InChI is InChI=1S/C17H21N3O3S/c1-12-4-3-5-16(13(12)2)20-17(21)19-11-10-14-6-8-15(9-7-14)24(18,22)23/h3-9H,10-11H2,1-2H3,(H2,18,22,23)(H2,19,20,21). The quantitative estimate of drug-likeness (QED) is 0.773. The molecule has 2 aromatic rings. The number of carbonyl (C=O) groups excluding carboxylic acids is 1. The Hall–Kier alpha value is -2.38. The van der Waals surface area contributed by atoms with Gasteiger partial charge in [-0.3, -0.25) is 0 Å². The van der Waals surface area contributed by atoms with Gasteiger partial charge in [0.1, 0.15) is 0 Å². The number of hydrogen-bond acceptors (Lipinski definition) is 3. The molecule has 4 N–H and O–H groups in total. The topological polar surface area (TPSA) is 101 Å². The van der Waals surface area contributed by atoms with Gasteiger partial charge in [-0.25, -0.2) is 18.4 Å². The predicted octanol–water partition coefficient (Wildman–Crippen LogP) is 2.32. The lowest BCUT2D eigenvalue weighted by atomic mass is 10.1. The fourth-order valence-electron chi connectivity index (χ4n) is 2.22. The van der Waals surface area contributed by atoms with E-state index in [9.17, 15) is 13.2 Å². The molecule has 2 amide bonds. The third-order valence-electron chi connectivity index (χ3n) is 3.80. The van der Waals surface area contributed by atoms with Gasteiger partial charge in [-0.15, -0.1) is 0 Å². The maximum Gasteiger partial charge on any atom is 0.319 e. The van der Waals surface area contributed by atoms with Crippen molar-refractivity contribution in [3.8, 4) is 0 Å². The van der Waals surface area contributed by atoms with Crippen molar-refractivity contribution in [3.63, 3.8) is 0 Å². The van der Waals surface area contributed by atoms with E-state index in [4.69, 9.17) is 5.14 Å². The van der Waals surface area contributed by atoms with Crippen LogP contribution in [-0.4, -0.2) is 21.0 Å². The second kappa shape index (κ2) is 7.46. The first-order valence-corrected chi connectivity index (χ1v) is 9.05. The van der Waals surface area contributed by atoms with Crippen LogP contribution in [0.3, 0.4) is 0 Å². The summed E-state index contributed by atoms with van der Waals surface area (Å²) in [5, 5.41) is 10.6. The monoisotopic (exact) mass is 347 g/mol. The third-order valence-corrected chi connectivity index (χ3v) is 4.73. The summed E-state index contributed by atoms with van der Waals surface area (Å²) in [6, 6.07) is 11.8. The van der Waals surface area contributed by atoms with E-state index >= 15 is 0 Å². The Morgan fingerprint density at radius 3 is 2.38 bits per heavy atom. The van der Waals surface area contributed by atoms with Crippen molar-refractivity contribution in [1.82, 2.24) is 5.32 Å². The molecule has 7 heteroatoms. The number of nitrogens with one attached hydrogen (secondary N) is 2. The Labute approximate surface area is 142 Å². The maximum atomic E-state index is 11.9. The van der Waals surface area contributed by atoms with Crippen molar-refractivity contribution in [1.29, 1.82) is 0 Å². The number of sulfonamides is 1. The predicted molar refractivity (Wildman–Crippen MR) is 94.5 cm³/mol. The van der Waals surface area contributed by atoms with Gasteiger partial charge < -0.3 is 10.6 Å². The number of benzene rings is 2. The fraction of sp³-hybridized carbons (Fsp3) is 0.235. The molecule has 0 saturated heterocycles. The summed E-state index contributed by atoms with van der Waals surface area (Å²) >= 11 is 0. The van der Waals surface area contributed by atoms with Gasteiger partial charge in [-0.2, -0.15) is 0 Å².